The van der Waals surface area contributed by atoms with Crippen molar-refractivity contribution in [2.45, 2.75) is 26.7 Å². The molecule has 0 aliphatic carbocycles. The predicted octanol–water partition coefficient (Wildman–Crippen LogP) is 4.87. The molecule has 1 aromatic heterocycles. The molecule has 3 aromatic rings. The topological polar surface area (TPSA) is 31.2 Å². The standard InChI is InChI=1S/C22H23NO2/c1-17-5-9-19(10-6-17)22-14-13-20(4-3-15-25-16-24)23(22)21-11-7-18(2)8-12-21/h5-14,16H,3-4,15H2,1-2H3. The first-order valence-electron chi connectivity index (χ1n) is 8.59. The number of ether oxygens (including phenoxy) is 1. The van der Waals surface area contributed by atoms with E-state index >= 15 is 0 Å². The first kappa shape index (κ1) is 17.0. The molecular formula is C22H23NO2. The highest BCUT2D eigenvalue weighted by molar-refractivity contribution is 5.64. The molecule has 0 aliphatic heterocycles. The Kier molecular flexibility index (Phi) is 5.34. The lowest BCUT2D eigenvalue weighted by Gasteiger charge is -2.14. The third kappa shape index (κ3) is 4.00. The zero-order valence-corrected chi connectivity index (χ0v) is 14.7. The first-order chi connectivity index (χ1) is 12.2. The number of aromatic nitrogens is 1. The summed E-state index contributed by atoms with van der Waals surface area (Å²) in [6.45, 7) is 5.15. The summed E-state index contributed by atoms with van der Waals surface area (Å²) in [6.07, 6.45) is 1.66. The highest BCUT2D eigenvalue weighted by Gasteiger charge is 2.12. The summed E-state index contributed by atoms with van der Waals surface area (Å²) < 4.78 is 7.13. The predicted molar refractivity (Wildman–Crippen MR) is 101 cm³/mol. The van der Waals surface area contributed by atoms with Gasteiger partial charge >= 0.3 is 0 Å². The molecule has 128 valence electrons. The van der Waals surface area contributed by atoms with Gasteiger partial charge in [0.25, 0.3) is 6.47 Å². The lowest BCUT2D eigenvalue weighted by atomic mass is 10.1. The van der Waals surface area contributed by atoms with Crippen molar-refractivity contribution in [3.05, 3.63) is 77.5 Å². The van der Waals surface area contributed by atoms with Crippen LogP contribution in [0.25, 0.3) is 16.9 Å². The molecule has 0 saturated carbocycles. The summed E-state index contributed by atoms with van der Waals surface area (Å²) in [5.74, 6) is 0. The van der Waals surface area contributed by atoms with Crippen LogP contribution in [0.15, 0.2) is 60.7 Å². The zero-order chi connectivity index (χ0) is 17.6. The molecule has 0 unspecified atom stereocenters. The van der Waals surface area contributed by atoms with Gasteiger partial charge in [0.2, 0.25) is 0 Å². The molecule has 0 radical (unpaired) electrons. The van der Waals surface area contributed by atoms with E-state index < -0.39 is 0 Å². The second-order valence-electron chi connectivity index (χ2n) is 6.32. The average Bonchev–Trinajstić information content (AvgIpc) is 3.04. The van der Waals surface area contributed by atoms with Gasteiger partial charge < -0.3 is 9.30 Å². The molecule has 0 bridgehead atoms. The lowest BCUT2D eigenvalue weighted by molar-refractivity contribution is -0.128. The molecule has 0 aliphatic rings. The molecule has 3 heteroatoms. The van der Waals surface area contributed by atoms with Crippen molar-refractivity contribution in [2.24, 2.45) is 0 Å². The Balaban J connectivity index is 1.99. The van der Waals surface area contributed by atoms with Crippen LogP contribution < -0.4 is 0 Å². The van der Waals surface area contributed by atoms with Crippen LogP contribution in [0.2, 0.25) is 0 Å². The molecule has 0 fully saturated rings. The van der Waals surface area contributed by atoms with Crippen LogP contribution in [0.3, 0.4) is 0 Å². The highest BCUT2D eigenvalue weighted by Crippen LogP contribution is 2.28. The van der Waals surface area contributed by atoms with Gasteiger partial charge in [-0.15, -0.1) is 0 Å². The molecule has 0 amide bonds. The molecule has 3 nitrogen and oxygen atoms in total. The van der Waals surface area contributed by atoms with E-state index in [2.05, 4.69) is 79.1 Å². The van der Waals surface area contributed by atoms with Crippen LogP contribution in [0, 0.1) is 13.8 Å². The summed E-state index contributed by atoms with van der Waals surface area (Å²) in [6, 6.07) is 21.5. The number of rotatable bonds is 7. The second kappa shape index (κ2) is 7.84. The molecule has 25 heavy (non-hydrogen) atoms. The van der Waals surface area contributed by atoms with Gasteiger partial charge in [-0.3, -0.25) is 4.79 Å². The summed E-state index contributed by atoms with van der Waals surface area (Å²) in [4.78, 5) is 10.3. The molecule has 0 N–H and O–H groups in total. The van der Waals surface area contributed by atoms with E-state index in [-0.39, 0.29) is 0 Å². The molecule has 3 rings (SSSR count). The van der Waals surface area contributed by atoms with E-state index in [9.17, 15) is 4.79 Å². The van der Waals surface area contributed by atoms with Crippen molar-refractivity contribution in [3.63, 3.8) is 0 Å². The van der Waals surface area contributed by atoms with E-state index in [1.54, 1.807) is 0 Å². The minimum absolute atomic E-state index is 0.447. The number of carbonyl (C=O) groups is 1. The van der Waals surface area contributed by atoms with Crippen LogP contribution in [-0.2, 0) is 16.0 Å². The van der Waals surface area contributed by atoms with Gasteiger partial charge in [0, 0.05) is 11.4 Å². The molecule has 1 heterocycles. The Labute approximate surface area is 148 Å². The van der Waals surface area contributed by atoms with Gasteiger partial charge in [0.15, 0.2) is 0 Å². The van der Waals surface area contributed by atoms with Crippen molar-refractivity contribution >= 4 is 6.47 Å². The lowest BCUT2D eigenvalue weighted by Crippen LogP contribution is -2.04. The maximum absolute atomic E-state index is 10.3. The van der Waals surface area contributed by atoms with Gasteiger partial charge in [0.05, 0.1) is 12.3 Å². The largest absolute Gasteiger partial charge is 0.468 e. The minimum atomic E-state index is 0.447. The summed E-state index contributed by atoms with van der Waals surface area (Å²) in [5, 5.41) is 0. The minimum Gasteiger partial charge on any atom is -0.468 e. The molecular weight excluding hydrogens is 310 g/mol. The highest BCUT2D eigenvalue weighted by atomic mass is 16.5. The number of hydrogen-bond donors (Lipinski definition) is 0. The molecule has 2 aromatic carbocycles. The maximum atomic E-state index is 10.3. The summed E-state index contributed by atoms with van der Waals surface area (Å²) in [5.41, 5.74) is 7.24. The van der Waals surface area contributed by atoms with Crippen molar-refractivity contribution in [3.8, 4) is 16.9 Å². The van der Waals surface area contributed by atoms with E-state index in [1.165, 1.54) is 28.1 Å². The van der Waals surface area contributed by atoms with Crippen molar-refractivity contribution in [2.75, 3.05) is 6.61 Å². The van der Waals surface area contributed by atoms with E-state index in [0.717, 1.165) is 18.5 Å². The number of aryl methyl sites for hydroxylation is 3. The van der Waals surface area contributed by atoms with Gasteiger partial charge in [0.1, 0.15) is 0 Å². The van der Waals surface area contributed by atoms with Gasteiger partial charge in [-0.25, -0.2) is 0 Å². The van der Waals surface area contributed by atoms with Gasteiger partial charge in [-0.1, -0.05) is 47.5 Å². The Morgan fingerprint density at radius 1 is 0.880 bits per heavy atom. The third-order valence-electron chi connectivity index (χ3n) is 4.36. The van der Waals surface area contributed by atoms with Crippen molar-refractivity contribution < 1.29 is 9.53 Å². The summed E-state index contributed by atoms with van der Waals surface area (Å²) in [7, 11) is 0. The first-order valence-corrected chi connectivity index (χ1v) is 8.59. The normalized spacial score (nSPS) is 10.6. The molecule has 0 saturated heterocycles. The number of benzene rings is 2. The Bertz CT molecular complexity index is 829. The number of nitrogens with zero attached hydrogens (tertiary/aromatic N) is 1. The fourth-order valence-electron chi connectivity index (χ4n) is 3.01. The Morgan fingerprint density at radius 3 is 2.16 bits per heavy atom. The quantitative estimate of drug-likeness (QED) is 0.456. The monoisotopic (exact) mass is 333 g/mol. The van der Waals surface area contributed by atoms with E-state index in [0.29, 0.717) is 13.1 Å². The van der Waals surface area contributed by atoms with E-state index in [1.807, 2.05) is 0 Å². The van der Waals surface area contributed by atoms with Gasteiger partial charge in [-0.05, 0) is 56.5 Å². The van der Waals surface area contributed by atoms with Crippen LogP contribution in [-0.4, -0.2) is 17.6 Å². The Hall–Kier alpha value is -2.81. The maximum Gasteiger partial charge on any atom is 0.293 e. The Morgan fingerprint density at radius 2 is 1.52 bits per heavy atom. The smallest absolute Gasteiger partial charge is 0.293 e. The second-order valence-corrected chi connectivity index (χ2v) is 6.32. The SMILES string of the molecule is Cc1ccc(-c2ccc(CCCOC=O)n2-c2ccc(C)cc2)cc1. The van der Waals surface area contributed by atoms with Gasteiger partial charge in [-0.2, -0.15) is 0 Å². The van der Waals surface area contributed by atoms with Crippen LogP contribution in [0.4, 0.5) is 0 Å². The zero-order valence-electron chi connectivity index (χ0n) is 14.7. The van der Waals surface area contributed by atoms with Crippen LogP contribution in [0.1, 0.15) is 23.2 Å². The molecule has 0 spiro atoms. The van der Waals surface area contributed by atoms with E-state index in [4.69, 9.17) is 4.74 Å². The average molecular weight is 333 g/mol. The third-order valence-corrected chi connectivity index (χ3v) is 4.36. The van der Waals surface area contributed by atoms with Crippen LogP contribution in [0.5, 0.6) is 0 Å². The fourth-order valence-corrected chi connectivity index (χ4v) is 3.01. The number of carbonyl (C=O) groups excluding carboxylic acids is 1. The summed E-state index contributed by atoms with van der Waals surface area (Å²) >= 11 is 0. The van der Waals surface area contributed by atoms with Crippen LogP contribution >= 0.6 is 0 Å². The van der Waals surface area contributed by atoms with Crippen molar-refractivity contribution in [1.82, 2.24) is 4.57 Å². The van der Waals surface area contributed by atoms with Crippen molar-refractivity contribution in [1.29, 1.82) is 0 Å². The molecule has 0 atom stereocenters. The fraction of sp³-hybridized carbons (Fsp3) is 0.227. The number of hydrogen-bond acceptors (Lipinski definition) is 2.